The standard InChI is InChI=1S/C38H51N5O7S/c1-8-27-20-38(27,33(46)41-51(48,49)29-18-19-29)40-32(45)30-21-37(50-7,28-16-14-26(15-17-28)25-12-10-9-11-13-25)24-42(30)31(44)22-36(5,6)23-43(34(39)47)35(2,3)4/h8-17,27,29-30H,1,18-24H2,2-7H3,(H2,39,47)(H,40,45)(H,41,46)/t27-,30+,37+,38-/m1/s1. The van der Waals surface area contributed by atoms with E-state index in [1.807, 2.05) is 89.2 Å². The van der Waals surface area contributed by atoms with Gasteiger partial charge in [-0.3, -0.25) is 19.1 Å². The SMILES string of the molecule is C=C[C@@H]1C[C@]1(NC(=O)[C@@H]1C[C@@](OC)(c2ccc(-c3ccccc3)cc2)CN1C(=O)CC(C)(C)CN(C(N)=O)C(C)(C)C)C(=O)NS(=O)(=O)C1CC1. The molecule has 1 saturated heterocycles. The molecule has 5 rings (SSSR count). The van der Waals surface area contributed by atoms with Gasteiger partial charge in [-0.05, 0) is 62.1 Å². The Bertz CT molecular complexity index is 1790. The van der Waals surface area contributed by atoms with Crippen LogP contribution in [0.25, 0.3) is 11.1 Å². The van der Waals surface area contributed by atoms with Gasteiger partial charge in [-0.2, -0.15) is 0 Å². The molecular formula is C38H51N5O7S. The molecule has 0 bridgehead atoms. The van der Waals surface area contributed by atoms with E-state index in [4.69, 9.17) is 10.5 Å². The molecule has 2 aromatic carbocycles. The highest BCUT2D eigenvalue weighted by atomic mass is 32.2. The van der Waals surface area contributed by atoms with E-state index in [1.54, 1.807) is 7.11 Å². The Morgan fingerprint density at radius 2 is 1.61 bits per heavy atom. The third-order valence-corrected chi connectivity index (χ3v) is 12.2. The predicted octanol–water partition coefficient (Wildman–Crippen LogP) is 4.06. The first-order valence-electron chi connectivity index (χ1n) is 17.4. The summed E-state index contributed by atoms with van der Waals surface area (Å²) in [7, 11) is -2.34. The summed E-state index contributed by atoms with van der Waals surface area (Å²) in [4.78, 5) is 57.5. The molecule has 0 unspecified atom stereocenters. The monoisotopic (exact) mass is 721 g/mol. The van der Waals surface area contributed by atoms with Crippen LogP contribution in [0.4, 0.5) is 4.79 Å². The van der Waals surface area contributed by atoms with Gasteiger partial charge >= 0.3 is 6.03 Å². The molecule has 4 atom stereocenters. The Morgan fingerprint density at radius 1 is 1.00 bits per heavy atom. The molecule has 1 aliphatic heterocycles. The lowest BCUT2D eigenvalue weighted by Gasteiger charge is -2.40. The lowest BCUT2D eigenvalue weighted by Crippen LogP contribution is -2.57. The van der Waals surface area contributed by atoms with Crippen LogP contribution >= 0.6 is 0 Å². The normalized spacial score (nSPS) is 24.8. The van der Waals surface area contributed by atoms with E-state index in [0.717, 1.165) is 16.7 Å². The highest BCUT2D eigenvalue weighted by Gasteiger charge is 2.62. The maximum Gasteiger partial charge on any atom is 0.315 e. The van der Waals surface area contributed by atoms with Gasteiger partial charge in [0.2, 0.25) is 21.8 Å². The van der Waals surface area contributed by atoms with Crippen molar-refractivity contribution in [3.8, 4) is 11.1 Å². The average molecular weight is 722 g/mol. The van der Waals surface area contributed by atoms with Crippen LogP contribution in [0.2, 0.25) is 0 Å². The van der Waals surface area contributed by atoms with Crippen LogP contribution < -0.4 is 15.8 Å². The van der Waals surface area contributed by atoms with Crippen LogP contribution in [0.15, 0.2) is 67.3 Å². The zero-order chi connectivity index (χ0) is 37.6. The molecule has 2 aromatic rings. The number of sulfonamides is 1. The maximum absolute atomic E-state index is 14.3. The fourth-order valence-corrected chi connectivity index (χ4v) is 8.46. The first kappa shape index (κ1) is 38.0. The number of nitrogens with one attached hydrogen (secondary N) is 2. The second-order valence-electron chi connectivity index (χ2n) is 16.0. The van der Waals surface area contributed by atoms with E-state index >= 15 is 0 Å². The van der Waals surface area contributed by atoms with Crippen LogP contribution in [-0.2, 0) is 34.7 Å². The van der Waals surface area contributed by atoms with Gasteiger partial charge in [-0.15, -0.1) is 6.58 Å². The number of carbonyl (C=O) groups excluding carboxylic acids is 4. The molecule has 13 heteroatoms. The summed E-state index contributed by atoms with van der Waals surface area (Å²) in [6.07, 6.45) is 2.70. The Labute approximate surface area is 301 Å². The Balaban J connectivity index is 1.45. The number of nitrogens with zero attached hydrogens (tertiary/aromatic N) is 2. The number of ether oxygens (including phenoxy) is 1. The minimum atomic E-state index is -3.88. The summed E-state index contributed by atoms with van der Waals surface area (Å²) in [5, 5.41) is 2.22. The van der Waals surface area contributed by atoms with Gasteiger partial charge in [-0.25, -0.2) is 13.2 Å². The molecule has 3 aliphatic rings. The number of urea groups is 1. The number of primary amides is 1. The van der Waals surface area contributed by atoms with Crippen LogP contribution in [0.1, 0.15) is 72.3 Å². The molecule has 12 nitrogen and oxygen atoms in total. The second-order valence-corrected chi connectivity index (χ2v) is 18.0. The first-order valence-corrected chi connectivity index (χ1v) is 18.9. The van der Waals surface area contributed by atoms with Crippen molar-refractivity contribution in [3.05, 3.63) is 72.8 Å². The van der Waals surface area contributed by atoms with E-state index < -0.39 is 67.2 Å². The van der Waals surface area contributed by atoms with Gasteiger partial charge in [-0.1, -0.05) is 74.5 Å². The molecule has 4 N–H and O–H groups in total. The number of hydrogen-bond donors (Lipinski definition) is 3. The van der Waals surface area contributed by atoms with Gasteiger partial charge in [0.25, 0.3) is 5.91 Å². The molecule has 51 heavy (non-hydrogen) atoms. The van der Waals surface area contributed by atoms with Gasteiger partial charge < -0.3 is 25.6 Å². The lowest BCUT2D eigenvalue weighted by molar-refractivity contribution is -0.141. The Morgan fingerprint density at radius 3 is 2.12 bits per heavy atom. The maximum atomic E-state index is 14.3. The zero-order valence-electron chi connectivity index (χ0n) is 30.4. The van der Waals surface area contributed by atoms with Crippen LogP contribution in [0.5, 0.6) is 0 Å². The van der Waals surface area contributed by atoms with Crippen molar-refractivity contribution < 1.29 is 32.3 Å². The number of rotatable bonds is 13. The molecule has 3 fully saturated rings. The summed E-state index contributed by atoms with van der Waals surface area (Å²) in [5.41, 5.74) is 4.60. The van der Waals surface area contributed by atoms with Crippen molar-refractivity contribution in [2.75, 3.05) is 20.2 Å². The quantitative estimate of drug-likeness (QED) is 0.262. The van der Waals surface area contributed by atoms with Crippen LogP contribution in [0.3, 0.4) is 0 Å². The molecule has 0 aromatic heterocycles. The van der Waals surface area contributed by atoms with Crippen molar-refractivity contribution in [1.82, 2.24) is 19.8 Å². The number of hydrogen-bond acceptors (Lipinski definition) is 7. The summed E-state index contributed by atoms with van der Waals surface area (Å²) >= 11 is 0. The summed E-state index contributed by atoms with van der Waals surface area (Å²) in [5.74, 6) is -2.25. The topological polar surface area (TPSA) is 168 Å². The summed E-state index contributed by atoms with van der Waals surface area (Å²) in [6.45, 7) is 13.3. The summed E-state index contributed by atoms with van der Waals surface area (Å²) < 4.78 is 33.7. The van der Waals surface area contributed by atoms with Crippen LogP contribution in [-0.4, -0.2) is 84.5 Å². The molecule has 276 valence electrons. The lowest BCUT2D eigenvalue weighted by atomic mass is 9.86. The molecule has 2 aliphatic carbocycles. The summed E-state index contributed by atoms with van der Waals surface area (Å²) in [6, 6.07) is 16.0. The van der Waals surface area contributed by atoms with E-state index in [9.17, 15) is 27.6 Å². The van der Waals surface area contributed by atoms with E-state index in [1.165, 1.54) is 15.9 Å². The van der Waals surface area contributed by atoms with Gasteiger partial charge in [0.05, 0.1) is 11.8 Å². The molecular weight excluding hydrogens is 671 g/mol. The highest BCUT2D eigenvalue weighted by molar-refractivity contribution is 7.91. The fourth-order valence-electron chi connectivity index (χ4n) is 7.10. The van der Waals surface area contributed by atoms with Crippen molar-refractivity contribution in [3.63, 3.8) is 0 Å². The van der Waals surface area contributed by atoms with Crippen LogP contribution in [0, 0.1) is 11.3 Å². The van der Waals surface area contributed by atoms with E-state index in [-0.39, 0.29) is 38.3 Å². The minimum absolute atomic E-state index is 0.0239. The van der Waals surface area contributed by atoms with E-state index in [2.05, 4.69) is 16.6 Å². The zero-order valence-corrected chi connectivity index (χ0v) is 31.2. The number of carbonyl (C=O) groups is 4. The van der Waals surface area contributed by atoms with Gasteiger partial charge in [0, 0.05) is 38.0 Å². The van der Waals surface area contributed by atoms with Gasteiger partial charge in [0.1, 0.15) is 17.2 Å². The molecule has 0 spiro atoms. The fraction of sp³-hybridized carbons (Fsp3) is 0.526. The average Bonchev–Trinajstić information content (AvgIpc) is 4.00. The third-order valence-electron chi connectivity index (χ3n) is 10.4. The van der Waals surface area contributed by atoms with Crippen molar-refractivity contribution in [2.24, 2.45) is 17.1 Å². The van der Waals surface area contributed by atoms with Crippen molar-refractivity contribution in [1.29, 1.82) is 0 Å². The first-order chi connectivity index (χ1) is 23.8. The number of nitrogens with two attached hydrogens (primary N) is 1. The van der Waals surface area contributed by atoms with Crippen molar-refractivity contribution in [2.45, 2.75) is 94.7 Å². The number of benzene rings is 2. The molecule has 5 amide bonds. The minimum Gasteiger partial charge on any atom is -0.372 e. The molecule has 1 heterocycles. The second kappa shape index (κ2) is 13.7. The van der Waals surface area contributed by atoms with Crippen molar-refractivity contribution >= 4 is 33.8 Å². The number of likely N-dealkylation sites (tertiary alicyclic amines) is 1. The largest absolute Gasteiger partial charge is 0.372 e. The number of methoxy groups -OCH3 is 1. The van der Waals surface area contributed by atoms with E-state index in [0.29, 0.717) is 12.8 Å². The predicted molar refractivity (Wildman–Crippen MR) is 194 cm³/mol. The molecule has 2 saturated carbocycles. The molecule has 0 radical (unpaired) electrons. The smallest absolute Gasteiger partial charge is 0.315 e. The number of amides is 5. The Kier molecular flexibility index (Phi) is 10.2. The highest BCUT2D eigenvalue weighted by Crippen LogP contribution is 2.47. The third kappa shape index (κ3) is 7.99. The van der Waals surface area contributed by atoms with Gasteiger partial charge in [0.15, 0.2) is 0 Å². The Hall–Kier alpha value is -4.23.